The first-order chi connectivity index (χ1) is 8.15. The van der Waals surface area contributed by atoms with Crippen molar-refractivity contribution >= 4 is 23.4 Å². The third-order valence-corrected chi connectivity index (χ3v) is 4.19. The monoisotopic (exact) mass is 271 g/mol. The molecule has 1 nitrogen and oxygen atoms in total. The Balaban J connectivity index is 2.66. The average Bonchev–Trinajstić information content (AvgIpc) is 2.29. The van der Waals surface area contributed by atoms with Gasteiger partial charge in [0.25, 0.3) is 0 Å². The molecule has 17 heavy (non-hydrogen) atoms. The van der Waals surface area contributed by atoms with Crippen LogP contribution in [0.15, 0.2) is 23.1 Å². The van der Waals surface area contributed by atoms with Gasteiger partial charge in [0, 0.05) is 11.4 Å². The zero-order chi connectivity index (χ0) is 12.7. The zero-order valence-corrected chi connectivity index (χ0v) is 12.5. The van der Waals surface area contributed by atoms with Crippen molar-refractivity contribution < 1.29 is 0 Å². The molecule has 0 spiro atoms. The van der Waals surface area contributed by atoms with Crippen molar-refractivity contribution in [1.29, 1.82) is 0 Å². The molecular weight excluding hydrogens is 250 g/mol. The summed E-state index contributed by atoms with van der Waals surface area (Å²) in [6, 6.07) is 6.17. The molecule has 0 unspecified atom stereocenters. The van der Waals surface area contributed by atoms with Gasteiger partial charge in [-0.05, 0) is 36.3 Å². The van der Waals surface area contributed by atoms with Gasteiger partial charge in [0.2, 0.25) is 0 Å². The van der Waals surface area contributed by atoms with E-state index in [2.05, 4.69) is 32.2 Å². The van der Waals surface area contributed by atoms with Crippen LogP contribution in [0, 0.1) is 5.92 Å². The molecule has 0 saturated carbocycles. The molecule has 0 aliphatic heterocycles. The molecule has 0 aromatic heterocycles. The van der Waals surface area contributed by atoms with Crippen LogP contribution in [-0.4, -0.2) is 12.3 Å². The molecule has 1 aromatic carbocycles. The Morgan fingerprint density at radius 1 is 1.35 bits per heavy atom. The van der Waals surface area contributed by atoms with E-state index in [0.717, 1.165) is 29.8 Å². The normalized spacial score (nSPS) is 11.1. The summed E-state index contributed by atoms with van der Waals surface area (Å²) in [7, 11) is 0. The summed E-state index contributed by atoms with van der Waals surface area (Å²) in [5, 5.41) is 4.24. The van der Waals surface area contributed by atoms with Gasteiger partial charge in [-0.25, -0.2) is 0 Å². The van der Waals surface area contributed by atoms with Crippen LogP contribution in [0.1, 0.15) is 32.8 Å². The zero-order valence-electron chi connectivity index (χ0n) is 10.9. The summed E-state index contributed by atoms with van der Waals surface area (Å²) >= 11 is 8.16. The predicted molar refractivity (Wildman–Crippen MR) is 79.0 cm³/mol. The molecule has 0 bridgehead atoms. The van der Waals surface area contributed by atoms with E-state index in [1.54, 1.807) is 0 Å². The summed E-state index contributed by atoms with van der Waals surface area (Å²) in [6.45, 7) is 8.53. The standard InChI is InChI=1S/C14H22ClNS/c1-4-16-10-12-6-5-7-13(15)14(12)17-9-8-11(2)3/h5-7,11,16H,4,8-10H2,1-3H3. The SMILES string of the molecule is CCNCc1cccc(Cl)c1SCCC(C)C. The summed E-state index contributed by atoms with van der Waals surface area (Å²) in [4.78, 5) is 1.25. The van der Waals surface area contributed by atoms with E-state index in [4.69, 9.17) is 11.6 Å². The van der Waals surface area contributed by atoms with Gasteiger partial charge in [-0.2, -0.15) is 0 Å². The minimum Gasteiger partial charge on any atom is -0.313 e. The predicted octanol–water partition coefficient (Wildman–Crippen LogP) is 4.59. The van der Waals surface area contributed by atoms with Crippen LogP contribution >= 0.6 is 23.4 Å². The van der Waals surface area contributed by atoms with Crippen LogP contribution in [0.4, 0.5) is 0 Å². The number of benzene rings is 1. The number of hydrogen-bond donors (Lipinski definition) is 1. The Hall–Kier alpha value is -0.180. The first kappa shape index (κ1) is 14.9. The number of halogens is 1. The Kier molecular flexibility index (Phi) is 7.02. The Bertz CT molecular complexity index is 339. The highest BCUT2D eigenvalue weighted by Crippen LogP contribution is 2.31. The highest BCUT2D eigenvalue weighted by Gasteiger charge is 2.07. The van der Waals surface area contributed by atoms with Gasteiger partial charge >= 0.3 is 0 Å². The largest absolute Gasteiger partial charge is 0.313 e. The van der Waals surface area contributed by atoms with Crippen molar-refractivity contribution in [3.05, 3.63) is 28.8 Å². The molecule has 0 atom stereocenters. The van der Waals surface area contributed by atoms with Gasteiger partial charge in [-0.1, -0.05) is 44.5 Å². The third-order valence-electron chi connectivity index (χ3n) is 2.56. The second-order valence-electron chi connectivity index (χ2n) is 4.54. The molecule has 3 heteroatoms. The molecule has 1 rings (SSSR count). The molecule has 1 N–H and O–H groups in total. The first-order valence-corrected chi connectivity index (χ1v) is 7.62. The lowest BCUT2D eigenvalue weighted by Crippen LogP contribution is -2.12. The quantitative estimate of drug-likeness (QED) is 0.728. The summed E-state index contributed by atoms with van der Waals surface area (Å²) in [5.41, 5.74) is 1.31. The van der Waals surface area contributed by atoms with Gasteiger partial charge < -0.3 is 5.32 Å². The molecule has 0 saturated heterocycles. The Labute approximate surface area is 114 Å². The van der Waals surface area contributed by atoms with E-state index in [9.17, 15) is 0 Å². The van der Waals surface area contributed by atoms with Crippen molar-refractivity contribution in [1.82, 2.24) is 5.32 Å². The van der Waals surface area contributed by atoms with Crippen LogP contribution in [0.5, 0.6) is 0 Å². The number of nitrogens with one attached hydrogen (secondary N) is 1. The first-order valence-electron chi connectivity index (χ1n) is 6.26. The van der Waals surface area contributed by atoms with Crippen molar-refractivity contribution in [2.24, 2.45) is 5.92 Å². The van der Waals surface area contributed by atoms with Crippen LogP contribution in [-0.2, 0) is 6.54 Å². The lowest BCUT2D eigenvalue weighted by molar-refractivity contribution is 0.632. The number of rotatable bonds is 7. The second-order valence-corrected chi connectivity index (χ2v) is 6.05. The fourth-order valence-electron chi connectivity index (χ4n) is 1.51. The van der Waals surface area contributed by atoms with E-state index in [0.29, 0.717) is 0 Å². The van der Waals surface area contributed by atoms with E-state index in [1.807, 2.05) is 23.9 Å². The van der Waals surface area contributed by atoms with Crippen molar-refractivity contribution in [3.8, 4) is 0 Å². The Morgan fingerprint density at radius 2 is 2.12 bits per heavy atom. The summed E-state index contributed by atoms with van der Waals surface area (Å²) in [5.74, 6) is 1.89. The summed E-state index contributed by atoms with van der Waals surface area (Å²) < 4.78 is 0. The molecule has 0 aliphatic carbocycles. The van der Waals surface area contributed by atoms with E-state index in [1.165, 1.54) is 16.9 Å². The van der Waals surface area contributed by atoms with Crippen molar-refractivity contribution in [2.45, 2.75) is 38.6 Å². The topological polar surface area (TPSA) is 12.0 Å². The van der Waals surface area contributed by atoms with Gasteiger partial charge in [-0.15, -0.1) is 11.8 Å². The Morgan fingerprint density at radius 3 is 2.76 bits per heavy atom. The minimum atomic E-state index is 0.752. The third kappa shape index (κ3) is 5.33. The molecular formula is C14H22ClNS. The van der Waals surface area contributed by atoms with Crippen LogP contribution in [0.3, 0.4) is 0 Å². The molecule has 0 aliphatic rings. The van der Waals surface area contributed by atoms with Crippen molar-refractivity contribution in [2.75, 3.05) is 12.3 Å². The molecule has 0 radical (unpaired) electrons. The van der Waals surface area contributed by atoms with E-state index in [-0.39, 0.29) is 0 Å². The lowest BCUT2D eigenvalue weighted by atomic mass is 10.2. The maximum absolute atomic E-state index is 6.28. The second kappa shape index (κ2) is 8.02. The number of thioether (sulfide) groups is 1. The van der Waals surface area contributed by atoms with Gasteiger partial charge in [0.1, 0.15) is 0 Å². The highest BCUT2D eigenvalue weighted by molar-refractivity contribution is 7.99. The molecule has 1 aromatic rings. The summed E-state index contributed by atoms with van der Waals surface area (Å²) in [6.07, 6.45) is 1.23. The molecule has 0 amide bonds. The maximum atomic E-state index is 6.28. The molecule has 0 heterocycles. The smallest absolute Gasteiger partial charge is 0.0545 e. The van der Waals surface area contributed by atoms with Gasteiger partial charge in [0.05, 0.1) is 5.02 Å². The molecule has 0 fully saturated rings. The van der Waals surface area contributed by atoms with Crippen LogP contribution < -0.4 is 5.32 Å². The van der Waals surface area contributed by atoms with Crippen LogP contribution in [0.2, 0.25) is 5.02 Å². The number of hydrogen-bond acceptors (Lipinski definition) is 2. The van der Waals surface area contributed by atoms with E-state index < -0.39 is 0 Å². The molecule has 96 valence electrons. The maximum Gasteiger partial charge on any atom is 0.0545 e. The van der Waals surface area contributed by atoms with Crippen LogP contribution in [0.25, 0.3) is 0 Å². The van der Waals surface area contributed by atoms with E-state index >= 15 is 0 Å². The average molecular weight is 272 g/mol. The van der Waals surface area contributed by atoms with Gasteiger partial charge in [0.15, 0.2) is 0 Å². The van der Waals surface area contributed by atoms with Crippen molar-refractivity contribution in [3.63, 3.8) is 0 Å². The highest BCUT2D eigenvalue weighted by atomic mass is 35.5. The minimum absolute atomic E-state index is 0.752. The fraction of sp³-hybridized carbons (Fsp3) is 0.571. The fourth-order valence-corrected chi connectivity index (χ4v) is 3.19. The van der Waals surface area contributed by atoms with Gasteiger partial charge in [-0.3, -0.25) is 0 Å². The lowest BCUT2D eigenvalue weighted by Gasteiger charge is -2.12.